The number of nitrogens with zero attached hydrogens (tertiary/aromatic N) is 1. The monoisotopic (exact) mass is 212 g/mol. The second-order valence-corrected chi connectivity index (χ2v) is 3.54. The van der Waals surface area contributed by atoms with Gasteiger partial charge in [-0.3, -0.25) is 4.90 Å². The highest BCUT2D eigenvalue weighted by Crippen LogP contribution is 2.26. The third kappa shape index (κ3) is 2.67. The first kappa shape index (κ1) is 11.9. The normalized spacial score (nSPS) is 12.9. The van der Waals surface area contributed by atoms with Crippen molar-refractivity contribution < 1.29 is 9.13 Å². The van der Waals surface area contributed by atoms with Crippen LogP contribution < -0.4 is 10.1 Å². The van der Waals surface area contributed by atoms with Crippen molar-refractivity contribution in [3.05, 3.63) is 29.6 Å². The molecule has 4 heteroatoms. The van der Waals surface area contributed by atoms with Gasteiger partial charge in [-0.1, -0.05) is 0 Å². The number of benzene rings is 1. The summed E-state index contributed by atoms with van der Waals surface area (Å²) in [6.07, 6.45) is -0.0596. The van der Waals surface area contributed by atoms with E-state index in [1.165, 1.54) is 12.1 Å². The predicted octanol–water partition coefficient (Wildman–Crippen LogP) is 1.61. The molecule has 0 radical (unpaired) electrons. The highest BCUT2D eigenvalue weighted by atomic mass is 19.1. The summed E-state index contributed by atoms with van der Waals surface area (Å²) in [6.45, 7) is 0. The topological polar surface area (TPSA) is 24.5 Å². The van der Waals surface area contributed by atoms with Crippen molar-refractivity contribution in [2.24, 2.45) is 0 Å². The Morgan fingerprint density at radius 1 is 1.40 bits per heavy atom. The van der Waals surface area contributed by atoms with Crippen molar-refractivity contribution >= 4 is 0 Å². The van der Waals surface area contributed by atoms with Crippen LogP contribution in [0.15, 0.2) is 18.2 Å². The molecule has 0 saturated carbocycles. The molecule has 3 nitrogen and oxygen atoms in total. The first-order valence-corrected chi connectivity index (χ1v) is 4.77. The molecule has 0 fully saturated rings. The van der Waals surface area contributed by atoms with Gasteiger partial charge in [0.15, 0.2) is 0 Å². The third-order valence-corrected chi connectivity index (χ3v) is 2.28. The van der Waals surface area contributed by atoms with Gasteiger partial charge in [0.2, 0.25) is 0 Å². The molecule has 0 bridgehead atoms. The Kier molecular flexibility index (Phi) is 4.05. The molecule has 1 aromatic rings. The first-order chi connectivity index (χ1) is 7.10. The zero-order valence-corrected chi connectivity index (χ0v) is 9.54. The minimum absolute atomic E-state index is 0.0596. The quantitative estimate of drug-likeness (QED) is 0.767. The lowest BCUT2D eigenvalue weighted by molar-refractivity contribution is 0.255. The molecule has 0 saturated heterocycles. The zero-order valence-electron chi connectivity index (χ0n) is 9.54. The van der Waals surface area contributed by atoms with Gasteiger partial charge in [-0.2, -0.15) is 0 Å². The molecule has 0 heterocycles. The zero-order chi connectivity index (χ0) is 11.4. The average Bonchev–Trinajstić information content (AvgIpc) is 2.18. The van der Waals surface area contributed by atoms with Crippen molar-refractivity contribution in [1.29, 1.82) is 0 Å². The molecule has 1 atom stereocenters. The fourth-order valence-corrected chi connectivity index (χ4v) is 1.61. The van der Waals surface area contributed by atoms with Gasteiger partial charge in [0.1, 0.15) is 11.6 Å². The Bertz CT molecular complexity index is 328. The molecular formula is C11H17FN2O. The number of nitrogens with one attached hydrogen (secondary N) is 1. The molecule has 0 amide bonds. The predicted molar refractivity (Wildman–Crippen MR) is 58.4 cm³/mol. The van der Waals surface area contributed by atoms with Crippen molar-refractivity contribution in [2.75, 3.05) is 28.3 Å². The average molecular weight is 212 g/mol. The first-order valence-electron chi connectivity index (χ1n) is 4.77. The lowest BCUT2D eigenvalue weighted by Gasteiger charge is -2.25. The van der Waals surface area contributed by atoms with E-state index in [-0.39, 0.29) is 12.0 Å². The van der Waals surface area contributed by atoms with Gasteiger partial charge in [-0.15, -0.1) is 0 Å². The highest BCUT2D eigenvalue weighted by molar-refractivity contribution is 5.36. The lowest BCUT2D eigenvalue weighted by Crippen LogP contribution is -2.31. The smallest absolute Gasteiger partial charge is 0.125 e. The van der Waals surface area contributed by atoms with Crippen LogP contribution in [0.3, 0.4) is 0 Å². The summed E-state index contributed by atoms with van der Waals surface area (Å²) < 4.78 is 18.3. The number of hydrogen-bond acceptors (Lipinski definition) is 3. The summed E-state index contributed by atoms with van der Waals surface area (Å²) in [4.78, 5) is 1.96. The van der Waals surface area contributed by atoms with E-state index in [0.29, 0.717) is 5.75 Å². The molecule has 1 unspecified atom stereocenters. The molecule has 1 aromatic carbocycles. The van der Waals surface area contributed by atoms with E-state index in [4.69, 9.17) is 4.74 Å². The summed E-state index contributed by atoms with van der Waals surface area (Å²) in [5.74, 6) is 0.428. The van der Waals surface area contributed by atoms with Gasteiger partial charge in [-0.05, 0) is 39.3 Å². The van der Waals surface area contributed by atoms with Crippen LogP contribution in [0.2, 0.25) is 0 Å². The minimum atomic E-state index is -0.257. The molecule has 1 N–H and O–H groups in total. The number of methoxy groups -OCH3 is 1. The van der Waals surface area contributed by atoms with Gasteiger partial charge in [0.25, 0.3) is 0 Å². The maximum Gasteiger partial charge on any atom is 0.125 e. The van der Waals surface area contributed by atoms with Crippen LogP contribution in [0.4, 0.5) is 4.39 Å². The van der Waals surface area contributed by atoms with Crippen LogP contribution in [0.25, 0.3) is 0 Å². The molecule has 0 aliphatic heterocycles. The fraction of sp³-hybridized carbons (Fsp3) is 0.455. The molecule has 0 aromatic heterocycles. The van der Waals surface area contributed by atoms with Crippen molar-refractivity contribution in [3.63, 3.8) is 0 Å². The van der Waals surface area contributed by atoms with E-state index in [9.17, 15) is 4.39 Å². The largest absolute Gasteiger partial charge is 0.496 e. The van der Waals surface area contributed by atoms with Crippen molar-refractivity contribution in [2.45, 2.75) is 6.17 Å². The third-order valence-electron chi connectivity index (χ3n) is 2.28. The van der Waals surface area contributed by atoms with Crippen LogP contribution in [-0.4, -0.2) is 33.2 Å². The summed E-state index contributed by atoms with van der Waals surface area (Å²) >= 11 is 0. The van der Waals surface area contributed by atoms with Gasteiger partial charge in [0, 0.05) is 5.56 Å². The summed E-state index contributed by atoms with van der Waals surface area (Å²) in [5, 5.41) is 3.10. The minimum Gasteiger partial charge on any atom is -0.496 e. The van der Waals surface area contributed by atoms with E-state index >= 15 is 0 Å². The number of halogens is 1. The molecule has 84 valence electrons. The second kappa shape index (κ2) is 5.09. The second-order valence-electron chi connectivity index (χ2n) is 3.54. The van der Waals surface area contributed by atoms with Crippen LogP contribution in [0.1, 0.15) is 11.7 Å². The van der Waals surface area contributed by atoms with E-state index in [0.717, 1.165) is 5.56 Å². The van der Waals surface area contributed by atoms with Crippen molar-refractivity contribution in [1.82, 2.24) is 10.2 Å². The van der Waals surface area contributed by atoms with E-state index in [2.05, 4.69) is 5.32 Å². The van der Waals surface area contributed by atoms with Crippen LogP contribution >= 0.6 is 0 Å². The number of rotatable bonds is 4. The number of ether oxygens (including phenoxy) is 1. The molecular weight excluding hydrogens is 195 g/mol. The van der Waals surface area contributed by atoms with Gasteiger partial charge >= 0.3 is 0 Å². The summed E-state index contributed by atoms with van der Waals surface area (Å²) in [6, 6.07) is 4.52. The Morgan fingerprint density at radius 2 is 2.07 bits per heavy atom. The number of hydrogen-bond donors (Lipinski definition) is 1. The lowest BCUT2D eigenvalue weighted by atomic mass is 10.1. The molecule has 0 aliphatic rings. The standard InChI is InChI=1S/C11H17FN2O/c1-13-11(14(2)3)9-7-8(12)5-6-10(9)15-4/h5-7,11,13H,1-4H3. The Morgan fingerprint density at radius 3 is 2.53 bits per heavy atom. The Hall–Kier alpha value is -1.13. The Labute approximate surface area is 89.8 Å². The van der Waals surface area contributed by atoms with Crippen LogP contribution in [0.5, 0.6) is 5.75 Å². The van der Waals surface area contributed by atoms with E-state index in [1.807, 2.05) is 26.0 Å². The maximum absolute atomic E-state index is 13.1. The van der Waals surface area contributed by atoms with E-state index < -0.39 is 0 Å². The molecule has 0 aliphatic carbocycles. The van der Waals surface area contributed by atoms with Crippen LogP contribution in [0, 0.1) is 5.82 Å². The maximum atomic E-state index is 13.1. The van der Waals surface area contributed by atoms with Gasteiger partial charge in [-0.25, -0.2) is 4.39 Å². The molecule has 0 spiro atoms. The van der Waals surface area contributed by atoms with Crippen LogP contribution in [-0.2, 0) is 0 Å². The molecule has 1 rings (SSSR count). The SMILES string of the molecule is CNC(c1cc(F)ccc1OC)N(C)C. The van der Waals surface area contributed by atoms with Crippen molar-refractivity contribution in [3.8, 4) is 5.75 Å². The van der Waals surface area contributed by atoms with E-state index in [1.54, 1.807) is 13.2 Å². The van der Waals surface area contributed by atoms with Gasteiger partial charge < -0.3 is 10.1 Å². The summed E-state index contributed by atoms with van der Waals surface area (Å²) in [7, 11) is 7.26. The Balaban J connectivity index is 3.13. The summed E-state index contributed by atoms with van der Waals surface area (Å²) in [5.41, 5.74) is 0.796. The fourth-order valence-electron chi connectivity index (χ4n) is 1.61. The van der Waals surface area contributed by atoms with Gasteiger partial charge in [0.05, 0.1) is 13.3 Å². The highest BCUT2D eigenvalue weighted by Gasteiger charge is 2.16. The molecule has 15 heavy (non-hydrogen) atoms.